The highest BCUT2D eigenvalue weighted by Gasteiger charge is 2.15. The molecule has 0 aromatic heterocycles. The minimum Gasteiger partial charge on any atom is -0.462 e. The van der Waals surface area contributed by atoms with Crippen molar-refractivity contribution < 1.29 is 9.53 Å². The summed E-state index contributed by atoms with van der Waals surface area (Å²) in [5, 5.41) is 3.06. The number of thiocarbonyl (C=S) groups is 1. The van der Waals surface area contributed by atoms with E-state index in [0.29, 0.717) is 17.0 Å². The van der Waals surface area contributed by atoms with E-state index in [1.165, 1.54) is 0 Å². The van der Waals surface area contributed by atoms with Crippen molar-refractivity contribution in [2.75, 3.05) is 13.2 Å². The van der Waals surface area contributed by atoms with Crippen LogP contribution in [0.3, 0.4) is 0 Å². The lowest BCUT2D eigenvalue weighted by atomic mass is 10.1. The lowest BCUT2D eigenvalue weighted by molar-refractivity contribution is -0.137. The fourth-order valence-corrected chi connectivity index (χ4v) is 1.35. The Balaban J connectivity index is 4.83. The quantitative estimate of drug-likeness (QED) is 0.431. The summed E-state index contributed by atoms with van der Waals surface area (Å²) in [5.41, 5.74) is 1.25. The highest BCUT2D eigenvalue weighted by Crippen LogP contribution is 2.07. The smallest absolute Gasteiger partial charge is 0.341 e. The second kappa shape index (κ2) is 6.54. The van der Waals surface area contributed by atoms with Gasteiger partial charge in [-0.2, -0.15) is 0 Å². The van der Waals surface area contributed by atoms with Gasteiger partial charge in [0, 0.05) is 17.1 Å². The molecule has 0 aromatic carbocycles. The highest BCUT2D eigenvalue weighted by molar-refractivity contribution is 7.80. The number of ether oxygens (including phenoxy) is 1. The Kier molecular flexibility index (Phi) is 6.12. The Bertz CT molecular complexity index is 259. The molecule has 4 heteroatoms. The van der Waals surface area contributed by atoms with Crippen LogP contribution in [-0.4, -0.2) is 24.0 Å². The van der Waals surface area contributed by atoms with E-state index < -0.39 is 0 Å². The fourth-order valence-electron chi connectivity index (χ4n) is 1.12. The molecule has 0 spiro atoms. The van der Waals surface area contributed by atoms with Crippen molar-refractivity contribution in [2.24, 2.45) is 0 Å². The molecular formula is C10H17NO2S. The van der Waals surface area contributed by atoms with Gasteiger partial charge in [-0.15, -0.1) is 0 Å². The molecule has 3 nitrogen and oxygen atoms in total. The van der Waals surface area contributed by atoms with Crippen LogP contribution >= 0.6 is 12.2 Å². The molecule has 0 saturated carbocycles. The van der Waals surface area contributed by atoms with Gasteiger partial charge < -0.3 is 10.1 Å². The third-order valence-electron chi connectivity index (χ3n) is 1.65. The molecule has 80 valence electrons. The fraction of sp³-hybridized carbons (Fsp3) is 0.600. The van der Waals surface area contributed by atoms with Gasteiger partial charge in [-0.3, -0.25) is 0 Å². The maximum Gasteiger partial charge on any atom is 0.341 e. The topological polar surface area (TPSA) is 38.3 Å². The van der Waals surface area contributed by atoms with E-state index in [9.17, 15) is 4.79 Å². The average Bonchev–Trinajstić information content (AvgIpc) is 2.04. The summed E-state index contributed by atoms with van der Waals surface area (Å²) in [6, 6.07) is 0. The summed E-state index contributed by atoms with van der Waals surface area (Å²) in [7, 11) is 0. The third kappa shape index (κ3) is 3.87. The molecule has 0 saturated heterocycles. The SMILES string of the molecule is CCN/C(C)=C(/C(=O)OCC)C(C)=S. The number of hydrogen-bond acceptors (Lipinski definition) is 4. The van der Waals surface area contributed by atoms with Crippen LogP contribution in [0, 0.1) is 0 Å². The summed E-state index contributed by atoms with van der Waals surface area (Å²) in [5.74, 6) is -0.349. The normalized spacial score (nSPS) is 11.7. The number of nitrogens with one attached hydrogen (secondary N) is 1. The van der Waals surface area contributed by atoms with Crippen molar-refractivity contribution in [3.8, 4) is 0 Å². The van der Waals surface area contributed by atoms with E-state index in [2.05, 4.69) is 5.32 Å². The summed E-state index contributed by atoms with van der Waals surface area (Å²) in [4.78, 5) is 12.1. The molecule has 0 heterocycles. The van der Waals surface area contributed by atoms with Crippen molar-refractivity contribution in [3.63, 3.8) is 0 Å². The number of hydrogen-bond donors (Lipinski definition) is 1. The van der Waals surface area contributed by atoms with Gasteiger partial charge in [0.2, 0.25) is 0 Å². The average molecular weight is 215 g/mol. The first-order valence-corrected chi connectivity index (χ1v) is 5.08. The Morgan fingerprint density at radius 1 is 1.36 bits per heavy atom. The predicted molar refractivity (Wildman–Crippen MR) is 61.3 cm³/mol. The van der Waals surface area contributed by atoms with Gasteiger partial charge in [0.05, 0.1) is 12.2 Å². The van der Waals surface area contributed by atoms with Crippen molar-refractivity contribution in [1.82, 2.24) is 5.32 Å². The Morgan fingerprint density at radius 3 is 2.29 bits per heavy atom. The van der Waals surface area contributed by atoms with Gasteiger partial charge in [-0.1, -0.05) is 12.2 Å². The van der Waals surface area contributed by atoms with Crippen LogP contribution in [-0.2, 0) is 9.53 Å². The minimum absolute atomic E-state index is 0.349. The van der Waals surface area contributed by atoms with Gasteiger partial charge in [-0.25, -0.2) is 4.79 Å². The zero-order valence-electron chi connectivity index (χ0n) is 9.14. The van der Waals surface area contributed by atoms with Crippen LogP contribution in [0.1, 0.15) is 27.7 Å². The second-order valence-corrected chi connectivity index (χ2v) is 3.42. The Morgan fingerprint density at radius 2 is 1.93 bits per heavy atom. The van der Waals surface area contributed by atoms with Crippen molar-refractivity contribution in [3.05, 3.63) is 11.3 Å². The zero-order valence-corrected chi connectivity index (χ0v) is 9.96. The van der Waals surface area contributed by atoms with E-state index in [4.69, 9.17) is 17.0 Å². The Hall–Kier alpha value is -0.900. The Labute approximate surface area is 90.5 Å². The lowest BCUT2D eigenvalue weighted by Crippen LogP contribution is -2.21. The zero-order chi connectivity index (χ0) is 11.1. The van der Waals surface area contributed by atoms with Gasteiger partial charge in [0.15, 0.2) is 0 Å². The highest BCUT2D eigenvalue weighted by atomic mass is 32.1. The van der Waals surface area contributed by atoms with Crippen LogP contribution in [0.15, 0.2) is 11.3 Å². The summed E-state index contributed by atoms with van der Waals surface area (Å²) in [6.07, 6.45) is 0. The molecule has 0 atom stereocenters. The van der Waals surface area contributed by atoms with E-state index in [-0.39, 0.29) is 5.97 Å². The van der Waals surface area contributed by atoms with Crippen molar-refractivity contribution in [1.29, 1.82) is 0 Å². The van der Waals surface area contributed by atoms with E-state index >= 15 is 0 Å². The molecule has 14 heavy (non-hydrogen) atoms. The molecule has 0 aromatic rings. The number of esters is 1. The number of carbonyl (C=O) groups excluding carboxylic acids is 1. The molecule has 0 aliphatic heterocycles. The maximum absolute atomic E-state index is 11.5. The molecule has 0 unspecified atom stereocenters. The summed E-state index contributed by atoms with van der Waals surface area (Å²) >= 11 is 5.00. The monoisotopic (exact) mass is 215 g/mol. The van der Waals surface area contributed by atoms with E-state index in [1.54, 1.807) is 13.8 Å². The summed E-state index contributed by atoms with van der Waals surface area (Å²) < 4.78 is 4.91. The first-order valence-electron chi connectivity index (χ1n) is 4.67. The number of rotatable bonds is 5. The number of allylic oxidation sites excluding steroid dienone is 1. The number of carbonyl (C=O) groups is 1. The largest absolute Gasteiger partial charge is 0.462 e. The molecular weight excluding hydrogens is 198 g/mol. The van der Waals surface area contributed by atoms with E-state index in [0.717, 1.165) is 12.2 Å². The molecule has 0 radical (unpaired) electrons. The van der Waals surface area contributed by atoms with Crippen molar-refractivity contribution >= 4 is 23.1 Å². The maximum atomic E-state index is 11.5. The van der Waals surface area contributed by atoms with Gasteiger partial charge in [0.1, 0.15) is 0 Å². The van der Waals surface area contributed by atoms with Gasteiger partial charge in [-0.05, 0) is 27.7 Å². The molecule has 1 N–H and O–H groups in total. The molecule has 0 aliphatic carbocycles. The van der Waals surface area contributed by atoms with Gasteiger partial charge in [0.25, 0.3) is 0 Å². The predicted octanol–water partition coefficient (Wildman–Crippen LogP) is 1.82. The third-order valence-corrected chi connectivity index (χ3v) is 1.85. The molecule has 0 amide bonds. The van der Waals surface area contributed by atoms with Crippen LogP contribution in [0.5, 0.6) is 0 Å². The molecule has 0 rings (SSSR count). The standard InChI is InChI=1S/C10H17NO2S/c1-5-11-7(3)9(8(4)14)10(12)13-6-2/h11H,5-6H2,1-4H3/b9-7+. The molecule has 0 aliphatic rings. The second-order valence-electron chi connectivity index (χ2n) is 2.81. The molecule has 0 bridgehead atoms. The van der Waals surface area contributed by atoms with E-state index in [1.807, 2.05) is 13.8 Å². The summed E-state index contributed by atoms with van der Waals surface area (Å²) in [6.45, 7) is 8.41. The lowest BCUT2D eigenvalue weighted by Gasteiger charge is -2.10. The minimum atomic E-state index is -0.349. The van der Waals surface area contributed by atoms with Crippen LogP contribution < -0.4 is 5.32 Å². The van der Waals surface area contributed by atoms with Crippen molar-refractivity contribution in [2.45, 2.75) is 27.7 Å². The first kappa shape index (κ1) is 13.1. The van der Waals surface area contributed by atoms with Crippen LogP contribution in [0.25, 0.3) is 0 Å². The van der Waals surface area contributed by atoms with Gasteiger partial charge >= 0.3 is 5.97 Å². The molecule has 0 fully saturated rings. The first-order chi connectivity index (χ1) is 6.54. The van der Waals surface area contributed by atoms with Crippen LogP contribution in [0.4, 0.5) is 0 Å². The van der Waals surface area contributed by atoms with Crippen LogP contribution in [0.2, 0.25) is 0 Å².